The average Bonchev–Trinajstić information content (AvgIpc) is 2.63. The van der Waals surface area contributed by atoms with Crippen molar-refractivity contribution < 1.29 is 4.74 Å². The molecule has 0 bridgehead atoms. The van der Waals surface area contributed by atoms with Crippen molar-refractivity contribution in [2.75, 3.05) is 6.61 Å². The minimum absolute atomic E-state index is 0.768. The van der Waals surface area contributed by atoms with Gasteiger partial charge in [0, 0.05) is 0 Å². The number of rotatable bonds is 6. The maximum Gasteiger partial charge on any atom is 0.119 e. The van der Waals surface area contributed by atoms with Crippen LogP contribution in [0.1, 0.15) is 63.9 Å². The molecule has 0 radical (unpaired) electrons. The molecule has 1 nitrogen and oxygen atoms in total. The average molecular weight is 322 g/mol. The molecule has 1 heteroatoms. The standard InChI is InChI=1S/C23H30O/c1-3-4-17-24-23-15-13-22(14-16-23)21-11-9-20(10-12-21)19-7-5-18(2)6-8-19/h9-16,18-19H,3-8,17H2,1-2H3. The summed E-state index contributed by atoms with van der Waals surface area (Å²) >= 11 is 0. The zero-order chi connectivity index (χ0) is 16.8. The predicted octanol–water partition coefficient (Wildman–Crippen LogP) is 6.83. The number of unbranched alkanes of at least 4 members (excludes halogenated alkanes) is 1. The quantitative estimate of drug-likeness (QED) is 0.530. The lowest BCUT2D eigenvalue weighted by atomic mass is 9.79. The van der Waals surface area contributed by atoms with Crippen LogP contribution in [0.25, 0.3) is 11.1 Å². The molecule has 1 saturated carbocycles. The van der Waals surface area contributed by atoms with Crippen molar-refractivity contribution in [2.24, 2.45) is 5.92 Å². The highest BCUT2D eigenvalue weighted by Crippen LogP contribution is 2.36. The van der Waals surface area contributed by atoms with Crippen LogP contribution in [0.5, 0.6) is 5.75 Å². The Morgan fingerprint density at radius 3 is 2.00 bits per heavy atom. The molecule has 1 fully saturated rings. The van der Waals surface area contributed by atoms with Gasteiger partial charge in [-0.1, -0.05) is 69.5 Å². The molecule has 0 unspecified atom stereocenters. The van der Waals surface area contributed by atoms with E-state index < -0.39 is 0 Å². The Kier molecular flexibility index (Phi) is 5.96. The van der Waals surface area contributed by atoms with Crippen LogP contribution in [0.4, 0.5) is 0 Å². The monoisotopic (exact) mass is 322 g/mol. The lowest BCUT2D eigenvalue weighted by Gasteiger charge is -2.26. The van der Waals surface area contributed by atoms with Gasteiger partial charge in [0.1, 0.15) is 5.75 Å². The van der Waals surface area contributed by atoms with Gasteiger partial charge in [0.25, 0.3) is 0 Å². The van der Waals surface area contributed by atoms with Crippen molar-refractivity contribution in [3.05, 3.63) is 54.1 Å². The van der Waals surface area contributed by atoms with E-state index in [4.69, 9.17) is 4.74 Å². The Morgan fingerprint density at radius 1 is 0.833 bits per heavy atom. The van der Waals surface area contributed by atoms with E-state index >= 15 is 0 Å². The molecule has 3 rings (SSSR count). The number of ether oxygens (including phenoxy) is 1. The Morgan fingerprint density at radius 2 is 1.42 bits per heavy atom. The fraction of sp³-hybridized carbons (Fsp3) is 0.478. The van der Waals surface area contributed by atoms with Crippen LogP contribution in [0, 0.1) is 5.92 Å². The molecule has 0 saturated heterocycles. The van der Waals surface area contributed by atoms with Gasteiger partial charge >= 0.3 is 0 Å². The maximum absolute atomic E-state index is 5.74. The largest absolute Gasteiger partial charge is 0.494 e. The molecular formula is C23H30O. The molecular weight excluding hydrogens is 292 g/mol. The van der Waals surface area contributed by atoms with E-state index in [0.29, 0.717) is 0 Å². The Labute approximate surface area is 147 Å². The summed E-state index contributed by atoms with van der Waals surface area (Å²) in [6, 6.07) is 17.7. The van der Waals surface area contributed by atoms with E-state index in [0.717, 1.165) is 30.6 Å². The van der Waals surface area contributed by atoms with Crippen molar-refractivity contribution in [3.63, 3.8) is 0 Å². The van der Waals surface area contributed by atoms with Crippen molar-refractivity contribution in [1.82, 2.24) is 0 Å². The van der Waals surface area contributed by atoms with Gasteiger partial charge in [-0.3, -0.25) is 0 Å². The zero-order valence-electron chi connectivity index (χ0n) is 15.1. The van der Waals surface area contributed by atoms with E-state index in [1.807, 2.05) is 0 Å². The number of benzene rings is 2. The summed E-state index contributed by atoms with van der Waals surface area (Å²) in [5, 5.41) is 0. The van der Waals surface area contributed by atoms with Crippen LogP contribution in [0.2, 0.25) is 0 Å². The first-order chi connectivity index (χ1) is 11.8. The summed E-state index contributed by atoms with van der Waals surface area (Å²) in [5.74, 6) is 2.66. The van der Waals surface area contributed by atoms with E-state index in [1.165, 1.54) is 48.8 Å². The van der Waals surface area contributed by atoms with Crippen molar-refractivity contribution in [1.29, 1.82) is 0 Å². The first-order valence-corrected chi connectivity index (χ1v) is 9.59. The van der Waals surface area contributed by atoms with Gasteiger partial charge in [0.15, 0.2) is 0 Å². The molecule has 0 heterocycles. The van der Waals surface area contributed by atoms with E-state index in [1.54, 1.807) is 0 Å². The van der Waals surface area contributed by atoms with E-state index in [2.05, 4.69) is 62.4 Å². The second-order valence-corrected chi connectivity index (χ2v) is 7.31. The van der Waals surface area contributed by atoms with Crippen LogP contribution in [-0.2, 0) is 0 Å². The summed E-state index contributed by atoms with van der Waals surface area (Å²) < 4.78 is 5.74. The fourth-order valence-corrected chi connectivity index (χ4v) is 3.62. The van der Waals surface area contributed by atoms with Crippen LogP contribution >= 0.6 is 0 Å². The first kappa shape index (κ1) is 17.1. The van der Waals surface area contributed by atoms with Gasteiger partial charge in [-0.15, -0.1) is 0 Å². The molecule has 1 aliphatic rings. The third-order valence-electron chi connectivity index (χ3n) is 5.35. The van der Waals surface area contributed by atoms with Crippen molar-refractivity contribution in [3.8, 4) is 16.9 Å². The molecule has 0 spiro atoms. The third kappa shape index (κ3) is 4.41. The van der Waals surface area contributed by atoms with E-state index in [9.17, 15) is 0 Å². The van der Waals surface area contributed by atoms with Gasteiger partial charge in [-0.2, -0.15) is 0 Å². The smallest absolute Gasteiger partial charge is 0.119 e. The van der Waals surface area contributed by atoms with E-state index in [-0.39, 0.29) is 0 Å². The zero-order valence-corrected chi connectivity index (χ0v) is 15.1. The normalized spacial score (nSPS) is 20.8. The minimum Gasteiger partial charge on any atom is -0.494 e. The van der Waals surface area contributed by atoms with Crippen LogP contribution in [0.3, 0.4) is 0 Å². The molecule has 24 heavy (non-hydrogen) atoms. The van der Waals surface area contributed by atoms with Crippen LogP contribution in [-0.4, -0.2) is 6.61 Å². The summed E-state index contributed by atoms with van der Waals surface area (Å²) in [6.45, 7) is 5.38. The molecule has 0 aromatic heterocycles. The second-order valence-electron chi connectivity index (χ2n) is 7.31. The SMILES string of the molecule is CCCCOc1ccc(-c2ccc(C3CCC(C)CC3)cc2)cc1. The second kappa shape index (κ2) is 8.37. The van der Waals surface area contributed by atoms with Crippen molar-refractivity contribution >= 4 is 0 Å². The van der Waals surface area contributed by atoms with Gasteiger partial charge < -0.3 is 4.74 Å². The topological polar surface area (TPSA) is 9.23 Å². The van der Waals surface area contributed by atoms with Gasteiger partial charge in [0.05, 0.1) is 6.61 Å². The molecule has 2 aromatic carbocycles. The molecule has 128 valence electrons. The van der Waals surface area contributed by atoms with Crippen LogP contribution in [0.15, 0.2) is 48.5 Å². The first-order valence-electron chi connectivity index (χ1n) is 9.59. The predicted molar refractivity (Wildman–Crippen MR) is 103 cm³/mol. The fourth-order valence-electron chi connectivity index (χ4n) is 3.62. The van der Waals surface area contributed by atoms with Crippen LogP contribution < -0.4 is 4.74 Å². The Bertz CT molecular complexity index is 603. The van der Waals surface area contributed by atoms with Crippen molar-refractivity contribution in [2.45, 2.75) is 58.3 Å². The highest BCUT2D eigenvalue weighted by molar-refractivity contribution is 5.64. The Balaban J connectivity index is 1.62. The molecule has 0 atom stereocenters. The summed E-state index contributed by atoms with van der Waals surface area (Å²) in [6.07, 6.45) is 7.75. The summed E-state index contributed by atoms with van der Waals surface area (Å²) in [7, 11) is 0. The highest BCUT2D eigenvalue weighted by atomic mass is 16.5. The number of hydrogen-bond donors (Lipinski definition) is 0. The summed E-state index contributed by atoms with van der Waals surface area (Å²) in [5.41, 5.74) is 4.08. The summed E-state index contributed by atoms with van der Waals surface area (Å²) in [4.78, 5) is 0. The number of hydrogen-bond acceptors (Lipinski definition) is 1. The molecule has 0 N–H and O–H groups in total. The maximum atomic E-state index is 5.74. The third-order valence-corrected chi connectivity index (χ3v) is 5.35. The lowest BCUT2D eigenvalue weighted by molar-refractivity contribution is 0.309. The Hall–Kier alpha value is -1.76. The van der Waals surface area contributed by atoms with Gasteiger partial charge in [-0.05, 0) is 59.9 Å². The lowest BCUT2D eigenvalue weighted by Crippen LogP contribution is -2.10. The minimum atomic E-state index is 0.768. The molecule has 1 aliphatic carbocycles. The highest BCUT2D eigenvalue weighted by Gasteiger charge is 2.19. The molecule has 2 aromatic rings. The molecule has 0 amide bonds. The molecule has 0 aliphatic heterocycles. The van der Waals surface area contributed by atoms with Gasteiger partial charge in [0.2, 0.25) is 0 Å². The van der Waals surface area contributed by atoms with Gasteiger partial charge in [-0.25, -0.2) is 0 Å².